The van der Waals surface area contributed by atoms with Crippen LogP contribution in [0.5, 0.6) is 0 Å². The Morgan fingerprint density at radius 3 is 2.20 bits per heavy atom. The summed E-state index contributed by atoms with van der Waals surface area (Å²) >= 11 is 6.20. The molecule has 30 heavy (non-hydrogen) atoms. The Bertz CT molecular complexity index is 996. The fraction of sp³-hybridized carbons (Fsp3) is 0.273. The number of carbonyl (C=O) groups is 3. The van der Waals surface area contributed by atoms with E-state index in [0.717, 1.165) is 9.80 Å². The highest BCUT2D eigenvalue weighted by Gasteiger charge is 2.26. The Morgan fingerprint density at radius 2 is 1.70 bits per heavy atom. The van der Waals surface area contributed by atoms with Crippen molar-refractivity contribution in [2.45, 2.75) is 20.3 Å². The minimum atomic E-state index is -1.07. The van der Waals surface area contributed by atoms with Gasteiger partial charge >= 0.3 is 12.0 Å². The quantitative estimate of drug-likeness (QED) is 0.530. The first-order valence-electron chi connectivity index (χ1n) is 9.28. The number of benzene rings is 2. The van der Waals surface area contributed by atoms with E-state index in [9.17, 15) is 14.4 Å². The number of carbonyl (C=O) groups excluding carboxylic acids is 2. The van der Waals surface area contributed by atoms with Gasteiger partial charge in [-0.1, -0.05) is 43.6 Å². The normalized spacial score (nSPS) is 10.4. The molecule has 0 bridgehead atoms. The van der Waals surface area contributed by atoms with E-state index >= 15 is 0 Å². The lowest BCUT2D eigenvalue weighted by Crippen LogP contribution is -2.43. The molecule has 0 aliphatic rings. The van der Waals surface area contributed by atoms with Crippen molar-refractivity contribution in [1.29, 1.82) is 5.26 Å². The number of nitriles is 1. The molecule has 2 aromatic carbocycles. The lowest BCUT2D eigenvalue weighted by Gasteiger charge is -2.24. The van der Waals surface area contributed by atoms with Crippen molar-refractivity contribution < 1.29 is 19.5 Å². The van der Waals surface area contributed by atoms with E-state index in [-0.39, 0.29) is 23.0 Å². The SMILES string of the molecule is CC(C)CCN(C(=O)c1ccc(-c2ccc(C(=O)O)cc2Cl)cc1)C(=O)N(C)C#N. The average molecular weight is 428 g/mol. The van der Waals surface area contributed by atoms with Gasteiger partial charge in [0.25, 0.3) is 5.91 Å². The topological polar surface area (TPSA) is 102 Å². The molecule has 8 heteroatoms. The van der Waals surface area contributed by atoms with Crippen LogP contribution in [0.2, 0.25) is 5.02 Å². The zero-order chi connectivity index (χ0) is 22.4. The number of hydrogen-bond acceptors (Lipinski definition) is 4. The Balaban J connectivity index is 2.30. The van der Waals surface area contributed by atoms with Crippen LogP contribution in [0.3, 0.4) is 0 Å². The molecule has 0 spiro atoms. The Hall–Kier alpha value is -3.37. The van der Waals surface area contributed by atoms with Gasteiger partial charge in [0.15, 0.2) is 6.19 Å². The van der Waals surface area contributed by atoms with E-state index < -0.39 is 17.9 Å². The summed E-state index contributed by atoms with van der Waals surface area (Å²) in [4.78, 5) is 38.3. The second-order valence-corrected chi connectivity index (χ2v) is 7.57. The molecule has 0 atom stereocenters. The maximum atomic E-state index is 12.9. The molecule has 0 aliphatic carbocycles. The number of carboxylic acids is 1. The fourth-order valence-electron chi connectivity index (χ4n) is 2.73. The van der Waals surface area contributed by atoms with Gasteiger partial charge in [-0.25, -0.2) is 14.5 Å². The maximum absolute atomic E-state index is 12.9. The van der Waals surface area contributed by atoms with Crippen molar-refractivity contribution in [3.63, 3.8) is 0 Å². The number of urea groups is 1. The van der Waals surface area contributed by atoms with Crippen LogP contribution < -0.4 is 0 Å². The first-order valence-corrected chi connectivity index (χ1v) is 9.66. The summed E-state index contributed by atoms with van der Waals surface area (Å²) < 4.78 is 0. The molecule has 0 saturated carbocycles. The fourth-order valence-corrected chi connectivity index (χ4v) is 3.02. The first kappa shape index (κ1) is 22.9. The summed E-state index contributed by atoms with van der Waals surface area (Å²) in [6, 6.07) is 10.2. The average Bonchev–Trinajstić information content (AvgIpc) is 2.72. The zero-order valence-corrected chi connectivity index (χ0v) is 17.7. The molecule has 0 heterocycles. The minimum absolute atomic E-state index is 0.0801. The molecule has 2 aromatic rings. The highest BCUT2D eigenvalue weighted by molar-refractivity contribution is 6.33. The highest BCUT2D eigenvalue weighted by atomic mass is 35.5. The Morgan fingerprint density at radius 1 is 1.10 bits per heavy atom. The predicted octanol–water partition coefficient (Wildman–Crippen LogP) is 4.73. The van der Waals surface area contributed by atoms with Crippen molar-refractivity contribution in [3.05, 3.63) is 58.6 Å². The van der Waals surface area contributed by atoms with Crippen LogP contribution in [0.15, 0.2) is 42.5 Å². The summed E-state index contributed by atoms with van der Waals surface area (Å²) in [6.45, 7) is 4.16. The zero-order valence-electron chi connectivity index (χ0n) is 16.9. The molecule has 0 unspecified atom stereocenters. The number of aromatic carboxylic acids is 1. The van der Waals surface area contributed by atoms with Crippen LogP contribution >= 0.6 is 11.6 Å². The summed E-state index contributed by atoms with van der Waals surface area (Å²) in [7, 11) is 1.31. The standard InChI is InChI=1S/C22H22ClN3O4/c1-14(2)10-11-26(22(30)25(3)13-24)20(27)16-6-4-15(5-7-16)18-9-8-17(21(28)29)12-19(18)23/h4-9,12,14H,10-11H2,1-3H3,(H,28,29). The number of carboxylic acid groups (broad SMARTS) is 1. The van der Waals surface area contributed by atoms with E-state index in [1.54, 1.807) is 36.5 Å². The molecule has 0 fully saturated rings. The largest absolute Gasteiger partial charge is 0.478 e. The number of rotatable bonds is 6. The van der Waals surface area contributed by atoms with Crippen molar-refractivity contribution >= 4 is 29.5 Å². The van der Waals surface area contributed by atoms with E-state index in [1.165, 1.54) is 19.2 Å². The smallest absolute Gasteiger partial charge is 0.339 e. The van der Waals surface area contributed by atoms with Crippen LogP contribution in [-0.4, -0.2) is 46.4 Å². The van der Waals surface area contributed by atoms with Gasteiger partial charge < -0.3 is 5.11 Å². The number of hydrogen-bond donors (Lipinski definition) is 1. The molecule has 2 rings (SSSR count). The summed E-state index contributed by atoms with van der Waals surface area (Å²) in [6.07, 6.45) is 2.33. The molecule has 156 valence electrons. The van der Waals surface area contributed by atoms with Crippen molar-refractivity contribution in [3.8, 4) is 17.3 Å². The minimum Gasteiger partial charge on any atom is -0.478 e. The summed E-state index contributed by atoms with van der Waals surface area (Å²) in [5, 5.41) is 18.3. The van der Waals surface area contributed by atoms with Crippen LogP contribution in [0, 0.1) is 17.4 Å². The van der Waals surface area contributed by atoms with Gasteiger partial charge in [0.1, 0.15) is 0 Å². The van der Waals surface area contributed by atoms with Crippen molar-refractivity contribution in [2.24, 2.45) is 5.92 Å². The number of amides is 3. The lowest BCUT2D eigenvalue weighted by molar-refractivity contribution is 0.0695. The summed E-state index contributed by atoms with van der Waals surface area (Å²) in [5.74, 6) is -1.29. The third-order valence-corrected chi connectivity index (χ3v) is 4.81. The number of nitrogens with zero attached hydrogens (tertiary/aromatic N) is 3. The second-order valence-electron chi connectivity index (χ2n) is 7.16. The van der Waals surface area contributed by atoms with Crippen LogP contribution in [0.1, 0.15) is 41.0 Å². The van der Waals surface area contributed by atoms with Gasteiger partial charge in [-0.05, 0) is 42.2 Å². The van der Waals surface area contributed by atoms with Crippen molar-refractivity contribution in [2.75, 3.05) is 13.6 Å². The molecule has 0 aliphatic heterocycles. The van der Waals surface area contributed by atoms with Gasteiger partial charge in [0.05, 0.1) is 5.56 Å². The van der Waals surface area contributed by atoms with Gasteiger partial charge in [-0.2, -0.15) is 5.26 Å². The third-order valence-electron chi connectivity index (χ3n) is 4.50. The molecular weight excluding hydrogens is 406 g/mol. The monoisotopic (exact) mass is 427 g/mol. The van der Waals surface area contributed by atoms with Gasteiger partial charge in [-0.3, -0.25) is 9.69 Å². The van der Waals surface area contributed by atoms with Crippen LogP contribution in [0.25, 0.3) is 11.1 Å². The van der Waals surface area contributed by atoms with E-state index in [4.69, 9.17) is 22.0 Å². The van der Waals surface area contributed by atoms with Crippen LogP contribution in [0.4, 0.5) is 4.79 Å². The first-order chi connectivity index (χ1) is 14.1. The maximum Gasteiger partial charge on any atom is 0.339 e. The lowest BCUT2D eigenvalue weighted by atomic mass is 10.0. The van der Waals surface area contributed by atoms with E-state index in [1.807, 2.05) is 13.8 Å². The summed E-state index contributed by atoms with van der Waals surface area (Å²) in [5.41, 5.74) is 1.69. The van der Waals surface area contributed by atoms with Gasteiger partial charge in [-0.15, -0.1) is 0 Å². The molecule has 3 amide bonds. The Kier molecular flexibility index (Phi) is 7.56. The van der Waals surface area contributed by atoms with Gasteiger partial charge in [0, 0.05) is 29.7 Å². The number of imide groups is 1. The highest BCUT2D eigenvalue weighted by Crippen LogP contribution is 2.29. The van der Waals surface area contributed by atoms with E-state index in [0.29, 0.717) is 23.1 Å². The number of halogens is 1. The molecule has 0 radical (unpaired) electrons. The molecule has 1 N–H and O–H groups in total. The van der Waals surface area contributed by atoms with E-state index in [2.05, 4.69) is 0 Å². The molecule has 0 aromatic heterocycles. The molecule has 0 saturated heterocycles. The molecular formula is C22H22ClN3O4. The van der Waals surface area contributed by atoms with Crippen LogP contribution in [-0.2, 0) is 0 Å². The van der Waals surface area contributed by atoms with Gasteiger partial charge in [0.2, 0.25) is 0 Å². The second kappa shape index (κ2) is 9.90. The molecule has 7 nitrogen and oxygen atoms in total. The third kappa shape index (κ3) is 5.37. The predicted molar refractivity (Wildman–Crippen MR) is 113 cm³/mol. The Labute approximate surface area is 180 Å². The van der Waals surface area contributed by atoms with Crippen molar-refractivity contribution in [1.82, 2.24) is 9.80 Å².